The highest BCUT2D eigenvalue weighted by atomic mass is 16.6. The third-order valence-corrected chi connectivity index (χ3v) is 3.82. The van der Waals surface area contributed by atoms with Gasteiger partial charge in [0, 0.05) is 13.1 Å². The Balaban J connectivity index is 2.24. The highest BCUT2D eigenvalue weighted by Crippen LogP contribution is 2.19. The van der Waals surface area contributed by atoms with Crippen LogP contribution in [0.5, 0.6) is 0 Å². The molecule has 29 heavy (non-hydrogen) atoms. The van der Waals surface area contributed by atoms with Crippen LogP contribution in [0.1, 0.15) is 34.1 Å². The SMILES string of the molecule is CC(C)COC(=O)Nc1cc(N2CC=CCC2)nc(NC(=O)OCC(C)C)[n+]1[O-]. The largest absolute Gasteiger partial charge is 0.754 e. The first-order valence-corrected chi connectivity index (χ1v) is 9.68. The summed E-state index contributed by atoms with van der Waals surface area (Å²) in [5.74, 6) is 0.357. The van der Waals surface area contributed by atoms with Crippen molar-refractivity contribution < 1.29 is 23.8 Å². The van der Waals surface area contributed by atoms with E-state index in [0.717, 1.165) is 6.42 Å². The quantitative estimate of drug-likeness (QED) is 0.405. The third kappa shape index (κ3) is 7.13. The van der Waals surface area contributed by atoms with Crippen molar-refractivity contribution >= 4 is 29.8 Å². The molecule has 0 aromatic carbocycles. The monoisotopic (exact) mass is 407 g/mol. The smallest absolute Gasteiger partial charge is 0.460 e. The second kappa shape index (κ2) is 10.5. The predicted octanol–water partition coefficient (Wildman–Crippen LogP) is 2.89. The lowest BCUT2D eigenvalue weighted by atomic mass is 10.2. The molecule has 0 radical (unpaired) electrons. The van der Waals surface area contributed by atoms with Crippen molar-refractivity contribution in [1.29, 1.82) is 0 Å². The molecule has 0 saturated heterocycles. The van der Waals surface area contributed by atoms with Gasteiger partial charge >= 0.3 is 18.1 Å². The van der Waals surface area contributed by atoms with Gasteiger partial charge in [-0.3, -0.25) is 0 Å². The molecule has 2 N–H and O–H groups in total. The Morgan fingerprint density at radius 3 is 2.31 bits per heavy atom. The molecule has 1 aromatic rings. The third-order valence-electron chi connectivity index (χ3n) is 3.82. The topological polar surface area (TPSA) is 120 Å². The number of aromatic nitrogens is 2. The fourth-order valence-electron chi connectivity index (χ4n) is 2.41. The molecule has 1 aromatic heterocycles. The first kappa shape index (κ1) is 22.3. The first-order chi connectivity index (χ1) is 13.8. The van der Waals surface area contributed by atoms with Crippen LogP contribution >= 0.6 is 0 Å². The van der Waals surface area contributed by atoms with Gasteiger partial charge < -0.3 is 19.6 Å². The molecule has 0 aliphatic carbocycles. The fraction of sp³-hybridized carbons (Fsp3) is 0.579. The molecule has 0 fully saturated rings. The number of hydrogen-bond acceptors (Lipinski definition) is 7. The molecule has 160 valence electrons. The normalized spacial score (nSPS) is 13.5. The van der Waals surface area contributed by atoms with Crippen LogP contribution in [0.2, 0.25) is 0 Å². The van der Waals surface area contributed by atoms with Crippen molar-refractivity contribution in [3.63, 3.8) is 0 Å². The van der Waals surface area contributed by atoms with Crippen LogP contribution in [0.3, 0.4) is 0 Å². The van der Waals surface area contributed by atoms with Gasteiger partial charge in [0.25, 0.3) is 0 Å². The van der Waals surface area contributed by atoms with E-state index in [1.54, 1.807) is 0 Å². The van der Waals surface area contributed by atoms with Gasteiger partial charge in [-0.2, -0.15) is 5.32 Å². The standard InChI is InChI=1S/C19H29N5O5/c1-13(2)11-28-18(25)21-16-10-15(23-8-6-5-7-9-23)20-17(24(16)27)22-19(26)29-12-14(3)4/h5-6,10,13-14H,7-9,11-12H2,1-4H3,(H,21,25)(H,20,22,26). The van der Waals surface area contributed by atoms with Gasteiger partial charge in [0.1, 0.15) is 0 Å². The van der Waals surface area contributed by atoms with Crippen molar-refractivity contribution in [3.05, 3.63) is 23.4 Å². The van der Waals surface area contributed by atoms with Crippen LogP contribution in [0.25, 0.3) is 0 Å². The zero-order valence-corrected chi connectivity index (χ0v) is 17.3. The maximum atomic E-state index is 12.6. The van der Waals surface area contributed by atoms with E-state index in [0.29, 0.717) is 23.6 Å². The highest BCUT2D eigenvalue weighted by molar-refractivity contribution is 5.84. The van der Waals surface area contributed by atoms with Crippen molar-refractivity contribution in [2.75, 3.05) is 41.8 Å². The Hall–Kier alpha value is -3.04. The number of amides is 2. The van der Waals surface area contributed by atoms with Gasteiger partial charge in [-0.05, 0) is 18.3 Å². The van der Waals surface area contributed by atoms with Gasteiger partial charge in [0.15, 0.2) is 5.82 Å². The molecule has 10 nitrogen and oxygen atoms in total. The summed E-state index contributed by atoms with van der Waals surface area (Å²) in [5, 5.41) is 17.4. The van der Waals surface area contributed by atoms with E-state index >= 15 is 0 Å². The maximum Gasteiger partial charge on any atom is 0.460 e. The molecule has 0 saturated carbocycles. The van der Waals surface area contributed by atoms with Crippen molar-refractivity contribution in [1.82, 2.24) is 4.98 Å². The number of nitrogens with zero attached hydrogens (tertiary/aromatic N) is 3. The van der Waals surface area contributed by atoms with Crippen LogP contribution < -0.4 is 20.3 Å². The number of hydrogen-bond donors (Lipinski definition) is 2. The lowest BCUT2D eigenvalue weighted by Crippen LogP contribution is -2.40. The van der Waals surface area contributed by atoms with Gasteiger partial charge in [-0.15, -0.1) is 0 Å². The summed E-state index contributed by atoms with van der Waals surface area (Å²) in [5.41, 5.74) is 0. The number of carbonyl (C=O) groups excluding carboxylic acids is 2. The maximum absolute atomic E-state index is 12.6. The predicted molar refractivity (Wildman–Crippen MR) is 109 cm³/mol. The molecule has 0 atom stereocenters. The molecule has 2 heterocycles. The molecule has 0 bridgehead atoms. The Morgan fingerprint density at radius 2 is 1.76 bits per heavy atom. The summed E-state index contributed by atoms with van der Waals surface area (Å²) >= 11 is 0. The van der Waals surface area contributed by atoms with Crippen molar-refractivity contribution in [2.45, 2.75) is 34.1 Å². The van der Waals surface area contributed by atoms with Crippen LogP contribution in [0.4, 0.5) is 27.2 Å². The molecule has 0 unspecified atom stereocenters. The molecule has 2 amide bonds. The number of ether oxygens (including phenoxy) is 2. The van der Waals surface area contributed by atoms with Crippen LogP contribution in [-0.2, 0) is 9.47 Å². The van der Waals surface area contributed by atoms with Gasteiger partial charge in [0.05, 0.1) is 19.3 Å². The summed E-state index contributed by atoms with van der Waals surface area (Å²) in [7, 11) is 0. The average Bonchev–Trinajstić information content (AvgIpc) is 2.68. The van der Waals surface area contributed by atoms with Gasteiger partial charge in [-0.25, -0.2) is 19.6 Å². The zero-order valence-electron chi connectivity index (χ0n) is 17.3. The number of nitrogens with one attached hydrogen (secondary N) is 2. The van der Waals surface area contributed by atoms with E-state index in [1.165, 1.54) is 6.07 Å². The van der Waals surface area contributed by atoms with Gasteiger partial charge in [0.2, 0.25) is 5.82 Å². The minimum atomic E-state index is -0.792. The summed E-state index contributed by atoms with van der Waals surface area (Å²) in [6, 6.07) is 1.45. The molecule has 0 spiro atoms. The number of anilines is 3. The Morgan fingerprint density at radius 1 is 1.14 bits per heavy atom. The Kier molecular flexibility index (Phi) is 8.05. The van der Waals surface area contributed by atoms with E-state index in [-0.39, 0.29) is 36.8 Å². The van der Waals surface area contributed by atoms with Crippen molar-refractivity contribution in [3.8, 4) is 0 Å². The van der Waals surface area contributed by atoms with E-state index in [9.17, 15) is 14.8 Å². The van der Waals surface area contributed by atoms with Crippen LogP contribution in [0, 0.1) is 17.0 Å². The van der Waals surface area contributed by atoms with Crippen molar-refractivity contribution in [2.24, 2.45) is 11.8 Å². The molecule has 2 rings (SSSR count). The lowest BCUT2D eigenvalue weighted by molar-refractivity contribution is -0.577. The fourth-order valence-corrected chi connectivity index (χ4v) is 2.41. The second-order valence-electron chi connectivity index (χ2n) is 7.56. The van der Waals surface area contributed by atoms with E-state index in [1.807, 2.05) is 38.7 Å². The summed E-state index contributed by atoms with van der Waals surface area (Å²) in [4.78, 5) is 30.2. The number of carbonyl (C=O) groups is 2. The molecule has 10 heteroatoms. The molecule has 1 aliphatic heterocycles. The summed E-state index contributed by atoms with van der Waals surface area (Å²) < 4.78 is 10.5. The average molecular weight is 407 g/mol. The molecular weight excluding hydrogens is 378 g/mol. The number of rotatable bonds is 7. The highest BCUT2D eigenvalue weighted by Gasteiger charge is 2.22. The lowest BCUT2D eigenvalue weighted by Gasteiger charge is -2.24. The minimum Gasteiger partial charge on any atom is -0.754 e. The Labute approximate surface area is 170 Å². The van der Waals surface area contributed by atoms with E-state index < -0.39 is 12.2 Å². The van der Waals surface area contributed by atoms with Crippen LogP contribution in [-0.4, -0.2) is 43.5 Å². The minimum absolute atomic E-state index is 0.0996. The van der Waals surface area contributed by atoms with E-state index in [4.69, 9.17) is 9.47 Å². The van der Waals surface area contributed by atoms with E-state index in [2.05, 4.69) is 21.7 Å². The molecule has 1 aliphatic rings. The summed E-state index contributed by atoms with van der Waals surface area (Å²) in [6.45, 7) is 9.31. The molecular formula is C19H29N5O5. The first-order valence-electron chi connectivity index (χ1n) is 9.68. The zero-order chi connectivity index (χ0) is 21.4. The van der Waals surface area contributed by atoms with Gasteiger partial charge in [-0.1, -0.05) is 44.8 Å². The van der Waals surface area contributed by atoms with Crippen LogP contribution in [0.15, 0.2) is 18.2 Å². The summed E-state index contributed by atoms with van der Waals surface area (Å²) in [6.07, 6.45) is 3.31. The Bertz CT molecular complexity index is 704. The second-order valence-corrected chi connectivity index (χ2v) is 7.56.